The highest BCUT2D eigenvalue weighted by Gasteiger charge is 1.94. The van der Waals surface area contributed by atoms with Crippen molar-refractivity contribution in [3.8, 4) is 0 Å². The van der Waals surface area contributed by atoms with Crippen LogP contribution in [-0.4, -0.2) is 0 Å². The lowest BCUT2D eigenvalue weighted by Gasteiger charge is -2.03. The van der Waals surface area contributed by atoms with Crippen molar-refractivity contribution >= 4 is 0 Å². The van der Waals surface area contributed by atoms with Gasteiger partial charge in [0, 0.05) is 0 Å². The Hall–Kier alpha value is -0.780. The molecule has 0 saturated carbocycles. The van der Waals surface area contributed by atoms with Crippen molar-refractivity contribution in [2.75, 3.05) is 0 Å². The van der Waals surface area contributed by atoms with Crippen molar-refractivity contribution in [2.45, 2.75) is 103 Å². The van der Waals surface area contributed by atoms with Crippen LogP contribution in [0.25, 0.3) is 0 Å². The van der Waals surface area contributed by atoms with Crippen LogP contribution in [0.15, 0.2) is 36.5 Å². The Morgan fingerprint density at radius 1 is 0.273 bits per heavy atom. The van der Waals surface area contributed by atoms with E-state index in [1.807, 2.05) is 0 Å². The standard InChI is InChI=1S/C22H38/c1-2-4-6-8-10-12-14-16-18-20-22-21-19-17-15-13-11-9-7-5-3-1/h1-6H,7-22H2/b2-1-,5-3+,6-4?. The second kappa shape index (κ2) is 16.6. The highest BCUT2D eigenvalue weighted by atomic mass is 14.0. The number of allylic oxidation sites excluding steroid dienone is 6. The molecule has 1 aliphatic carbocycles. The van der Waals surface area contributed by atoms with Crippen LogP contribution in [0.2, 0.25) is 0 Å². The number of hydrogen-bond donors (Lipinski definition) is 0. The second-order valence-electron chi connectivity index (χ2n) is 6.77. The Balaban J connectivity index is 2.16. The zero-order chi connectivity index (χ0) is 15.6. The molecule has 1 rings (SSSR count). The Kier molecular flexibility index (Phi) is 14.5. The minimum Gasteiger partial charge on any atom is -0.0845 e. The van der Waals surface area contributed by atoms with Crippen LogP contribution in [0.3, 0.4) is 0 Å². The summed E-state index contributed by atoms with van der Waals surface area (Å²) in [5.74, 6) is 0. The summed E-state index contributed by atoms with van der Waals surface area (Å²) in [6.45, 7) is 0. The quantitative estimate of drug-likeness (QED) is 0.426. The smallest absolute Gasteiger partial charge is 0.0348 e. The van der Waals surface area contributed by atoms with Crippen LogP contribution in [-0.2, 0) is 0 Å². The molecule has 0 unspecified atom stereocenters. The summed E-state index contributed by atoms with van der Waals surface area (Å²) < 4.78 is 0. The Morgan fingerprint density at radius 3 is 0.864 bits per heavy atom. The van der Waals surface area contributed by atoms with Crippen LogP contribution in [0.5, 0.6) is 0 Å². The fraction of sp³-hybridized carbons (Fsp3) is 0.727. The minimum absolute atomic E-state index is 1.24. The molecule has 0 amide bonds. The molecule has 0 heterocycles. The van der Waals surface area contributed by atoms with Gasteiger partial charge < -0.3 is 0 Å². The van der Waals surface area contributed by atoms with Crippen molar-refractivity contribution < 1.29 is 0 Å². The maximum absolute atomic E-state index is 2.32. The summed E-state index contributed by atoms with van der Waals surface area (Å²) in [7, 11) is 0. The van der Waals surface area contributed by atoms with Gasteiger partial charge in [-0.1, -0.05) is 114 Å². The largest absolute Gasteiger partial charge is 0.0845 e. The molecule has 0 fully saturated rings. The SMILES string of the molecule is C1=CCCCCCCCCCCCCCCCC/C=C/C=C\1. The topological polar surface area (TPSA) is 0 Å². The number of rotatable bonds is 0. The summed E-state index contributed by atoms with van der Waals surface area (Å²) in [4.78, 5) is 0. The summed E-state index contributed by atoms with van der Waals surface area (Å²) in [6.07, 6.45) is 36.0. The molecule has 0 aromatic carbocycles. The lowest BCUT2D eigenvalue weighted by molar-refractivity contribution is 0.534. The molecular weight excluding hydrogens is 264 g/mol. The summed E-state index contributed by atoms with van der Waals surface area (Å²) in [6, 6.07) is 0. The van der Waals surface area contributed by atoms with E-state index in [4.69, 9.17) is 0 Å². The maximum Gasteiger partial charge on any atom is -0.0348 e. The molecule has 0 atom stereocenters. The van der Waals surface area contributed by atoms with Crippen LogP contribution in [0, 0.1) is 0 Å². The van der Waals surface area contributed by atoms with E-state index >= 15 is 0 Å². The fourth-order valence-electron chi connectivity index (χ4n) is 3.12. The van der Waals surface area contributed by atoms with Crippen molar-refractivity contribution in [3.63, 3.8) is 0 Å². The van der Waals surface area contributed by atoms with Crippen molar-refractivity contribution in [1.29, 1.82) is 0 Å². The third-order valence-corrected chi connectivity index (χ3v) is 4.60. The van der Waals surface area contributed by atoms with Gasteiger partial charge in [0.1, 0.15) is 0 Å². The molecule has 0 N–H and O–H groups in total. The summed E-state index contributed by atoms with van der Waals surface area (Å²) in [5.41, 5.74) is 0. The van der Waals surface area contributed by atoms with E-state index in [-0.39, 0.29) is 0 Å². The Morgan fingerprint density at radius 2 is 0.545 bits per heavy atom. The van der Waals surface area contributed by atoms with Crippen LogP contribution < -0.4 is 0 Å². The molecule has 1 aliphatic rings. The van der Waals surface area contributed by atoms with E-state index < -0.39 is 0 Å². The Labute approximate surface area is 139 Å². The molecule has 0 heteroatoms. The van der Waals surface area contributed by atoms with Crippen molar-refractivity contribution in [1.82, 2.24) is 0 Å². The Bertz CT molecular complexity index is 265. The monoisotopic (exact) mass is 302 g/mol. The first-order valence-electron chi connectivity index (χ1n) is 9.98. The summed E-state index contributed by atoms with van der Waals surface area (Å²) in [5, 5.41) is 0. The molecule has 0 aliphatic heterocycles. The van der Waals surface area contributed by atoms with Crippen molar-refractivity contribution in [2.24, 2.45) is 0 Å². The van der Waals surface area contributed by atoms with E-state index in [0.717, 1.165) is 0 Å². The van der Waals surface area contributed by atoms with Crippen molar-refractivity contribution in [3.05, 3.63) is 36.5 Å². The fourth-order valence-corrected chi connectivity index (χ4v) is 3.12. The number of hydrogen-bond acceptors (Lipinski definition) is 0. The van der Waals surface area contributed by atoms with Crippen LogP contribution >= 0.6 is 0 Å². The first-order valence-corrected chi connectivity index (χ1v) is 9.98. The van der Waals surface area contributed by atoms with Gasteiger partial charge in [0.05, 0.1) is 0 Å². The van der Waals surface area contributed by atoms with Gasteiger partial charge in [0.15, 0.2) is 0 Å². The van der Waals surface area contributed by atoms with E-state index in [9.17, 15) is 0 Å². The highest BCUT2D eigenvalue weighted by Crippen LogP contribution is 2.14. The first-order chi connectivity index (χ1) is 11.0. The van der Waals surface area contributed by atoms with Gasteiger partial charge in [-0.3, -0.25) is 0 Å². The van der Waals surface area contributed by atoms with Gasteiger partial charge in [-0.25, -0.2) is 0 Å². The van der Waals surface area contributed by atoms with Gasteiger partial charge >= 0.3 is 0 Å². The van der Waals surface area contributed by atoms with Gasteiger partial charge in [-0.2, -0.15) is 0 Å². The zero-order valence-electron chi connectivity index (χ0n) is 14.8. The van der Waals surface area contributed by atoms with Gasteiger partial charge in [-0.15, -0.1) is 0 Å². The minimum atomic E-state index is 1.24. The maximum atomic E-state index is 2.32. The third-order valence-electron chi connectivity index (χ3n) is 4.60. The van der Waals surface area contributed by atoms with Gasteiger partial charge in [0.2, 0.25) is 0 Å². The van der Waals surface area contributed by atoms with E-state index in [1.165, 1.54) is 103 Å². The molecule has 0 bridgehead atoms. The molecule has 0 nitrogen and oxygen atoms in total. The molecule has 0 saturated heterocycles. The molecule has 0 radical (unpaired) electrons. The predicted octanol–water partition coefficient (Wildman–Crippen LogP) is 7.91. The van der Waals surface area contributed by atoms with Gasteiger partial charge in [-0.05, 0) is 25.7 Å². The molecule has 22 heavy (non-hydrogen) atoms. The third kappa shape index (κ3) is 14.2. The van der Waals surface area contributed by atoms with E-state index in [1.54, 1.807) is 0 Å². The van der Waals surface area contributed by atoms with E-state index in [0.29, 0.717) is 0 Å². The van der Waals surface area contributed by atoms with Crippen LogP contribution in [0.4, 0.5) is 0 Å². The van der Waals surface area contributed by atoms with Crippen LogP contribution in [0.1, 0.15) is 103 Å². The average molecular weight is 303 g/mol. The lowest BCUT2D eigenvalue weighted by atomic mass is 10.0. The molecule has 0 aromatic heterocycles. The first kappa shape index (κ1) is 19.3. The zero-order valence-corrected chi connectivity index (χ0v) is 14.8. The van der Waals surface area contributed by atoms with Gasteiger partial charge in [0.25, 0.3) is 0 Å². The summed E-state index contributed by atoms with van der Waals surface area (Å²) >= 11 is 0. The molecule has 0 aromatic rings. The normalized spacial score (nSPS) is 24.7. The molecular formula is C22H38. The van der Waals surface area contributed by atoms with E-state index in [2.05, 4.69) is 36.5 Å². The second-order valence-corrected chi connectivity index (χ2v) is 6.77. The molecule has 126 valence electrons. The average Bonchev–Trinajstić information content (AvgIpc) is 2.53. The molecule has 0 spiro atoms. The highest BCUT2D eigenvalue weighted by molar-refractivity contribution is 5.10. The predicted molar refractivity (Wildman–Crippen MR) is 101 cm³/mol. The lowest BCUT2D eigenvalue weighted by Crippen LogP contribution is -1.83.